The number of carbonyl (C=O) groups excluding carboxylic acids is 1. The van der Waals surface area contributed by atoms with Gasteiger partial charge >= 0.3 is 0 Å². The van der Waals surface area contributed by atoms with Gasteiger partial charge in [-0.25, -0.2) is 9.97 Å². The zero-order valence-corrected chi connectivity index (χ0v) is 19.6. The molecule has 5 heteroatoms. The predicted molar refractivity (Wildman–Crippen MR) is 131 cm³/mol. The van der Waals surface area contributed by atoms with Crippen LogP contribution in [0.1, 0.15) is 47.5 Å². The van der Waals surface area contributed by atoms with Crippen molar-refractivity contribution < 1.29 is 4.79 Å². The number of carbonyl (C=O) groups is 1. The molecule has 5 nitrogen and oxygen atoms in total. The third-order valence-corrected chi connectivity index (χ3v) is 6.97. The Balaban J connectivity index is 1.29. The smallest absolute Gasteiger partial charge is 0.226 e. The molecule has 2 heterocycles. The predicted octanol–water partition coefficient (Wildman–Crippen LogP) is 4.39. The van der Waals surface area contributed by atoms with Crippen LogP contribution in [0.5, 0.6) is 0 Å². The Hall–Kier alpha value is -3.21. The van der Waals surface area contributed by atoms with Gasteiger partial charge in [0.2, 0.25) is 5.91 Å². The second-order valence-electron chi connectivity index (χ2n) is 9.21. The molecule has 2 fully saturated rings. The molecule has 0 bridgehead atoms. The molecule has 3 aromatic rings. The fourth-order valence-electron chi connectivity index (χ4n) is 5.08. The van der Waals surface area contributed by atoms with Crippen LogP contribution in [0, 0.1) is 12.8 Å². The van der Waals surface area contributed by atoms with E-state index >= 15 is 0 Å². The number of nitrogens with zero attached hydrogens (tertiary/aromatic N) is 4. The fraction of sp³-hybridized carbons (Fsp3) is 0.393. The SMILES string of the molecule is CCc1nc(C)nc(N2CCN(C(=O)C3C[C@H]3c3ccccc3)CC2)c1Cc1ccccc1. The molecule has 0 radical (unpaired) electrons. The molecule has 0 N–H and O–H groups in total. The van der Waals surface area contributed by atoms with Gasteiger partial charge in [-0.15, -0.1) is 0 Å². The Kier molecular flexibility index (Phi) is 6.12. The summed E-state index contributed by atoms with van der Waals surface area (Å²) < 4.78 is 0. The van der Waals surface area contributed by atoms with E-state index in [4.69, 9.17) is 9.97 Å². The molecule has 1 aromatic heterocycles. The summed E-state index contributed by atoms with van der Waals surface area (Å²) in [5.41, 5.74) is 4.92. The number of anilines is 1. The first-order valence-corrected chi connectivity index (χ1v) is 12.1. The average molecular weight is 441 g/mol. The highest BCUT2D eigenvalue weighted by molar-refractivity contribution is 5.83. The van der Waals surface area contributed by atoms with E-state index in [1.54, 1.807) is 0 Å². The summed E-state index contributed by atoms with van der Waals surface area (Å²) in [5.74, 6) is 2.73. The zero-order chi connectivity index (χ0) is 22.8. The minimum absolute atomic E-state index is 0.153. The van der Waals surface area contributed by atoms with E-state index < -0.39 is 0 Å². The number of aryl methyl sites for hydroxylation is 2. The van der Waals surface area contributed by atoms with E-state index in [0.717, 1.165) is 62.8 Å². The number of aromatic nitrogens is 2. The molecular formula is C28H32N4O. The van der Waals surface area contributed by atoms with Gasteiger partial charge in [-0.3, -0.25) is 4.79 Å². The third-order valence-electron chi connectivity index (χ3n) is 6.97. The maximum Gasteiger partial charge on any atom is 0.226 e. The van der Waals surface area contributed by atoms with Gasteiger partial charge in [0.1, 0.15) is 11.6 Å². The van der Waals surface area contributed by atoms with Gasteiger partial charge in [0.15, 0.2) is 0 Å². The second-order valence-corrected chi connectivity index (χ2v) is 9.21. The maximum absolute atomic E-state index is 13.1. The quantitative estimate of drug-likeness (QED) is 0.570. The van der Waals surface area contributed by atoms with E-state index in [1.165, 1.54) is 16.7 Å². The van der Waals surface area contributed by atoms with Crippen molar-refractivity contribution >= 4 is 11.7 Å². The molecule has 1 saturated carbocycles. The molecular weight excluding hydrogens is 408 g/mol. The van der Waals surface area contributed by atoms with Crippen LogP contribution in [-0.2, 0) is 17.6 Å². The number of rotatable bonds is 6. The lowest BCUT2D eigenvalue weighted by Gasteiger charge is -2.37. The molecule has 1 amide bonds. The normalized spacial score (nSPS) is 20.1. The Morgan fingerprint density at radius 1 is 0.939 bits per heavy atom. The first-order chi connectivity index (χ1) is 16.1. The van der Waals surface area contributed by atoms with Crippen LogP contribution in [0.4, 0.5) is 5.82 Å². The van der Waals surface area contributed by atoms with Crippen molar-refractivity contribution in [3.8, 4) is 0 Å². The van der Waals surface area contributed by atoms with Crippen LogP contribution in [-0.4, -0.2) is 47.0 Å². The first-order valence-electron chi connectivity index (χ1n) is 12.1. The van der Waals surface area contributed by atoms with Crippen LogP contribution in [0.15, 0.2) is 60.7 Å². The van der Waals surface area contributed by atoms with E-state index in [-0.39, 0.29) is 5.92 Å². The van der Waals surface area contributed by atoms with Gasteiger partial charge in [0, 0.05) is 49.8 Å². The Labute approximate surface area is 196 Å². The molecule has 2 atom stereocenters. The topological polar surface area (TPSA) is 49.3 Å². The van der Waals surface area contributed by atoms with Crippen molar-refractivity contribution in [2.75, 3.05) is 31.1 Å². The maximum atomic E-state index is 13.1. The van der Waals surface area contributed by atoms with Crippen molar-refractivity contribution in [2.45, 2.75) is 39.0 Å². The summed E-state index contributed by atoms with van der Waals surface area (Å²) in [6.07, 6.45) is 2.70. The average Bonchev–Trinajstić information content (AvgIpc) is 3.67. The molecule has 1 unspecified atom stereocenters. The molecule has 1 aliphatic heterocycles. The standard InChI is InChI=1S/C28H32N4O/c1-3-26-25(18-21-10-6-4-7-11-21)27(30-20(2)29-26)31-14-16-32(17-15-31)28(33)24-19-23(24)22-12-8-5-9-13-22/h4-13,23-24H,3,14-19H2,1-2H3/t23-,24?/m0/s1. The highest BCUT2D eigenvalue weighted by Crippen LogP contribution is 2.48. The van der Waals surface area contributed by atoms with Crippen molar-refractivity contribution in [3.63, 3.8) is 0 Å². The molecule has 5 rings (SSSR count). The lowest BCUT2D eigenvalue weighted by Crippen LogP contribution is -2.50. The van der Waals surface area contributed by atoms with Crippen LogP contribution < -0.4 is 4.90 Å². The molecule has 170 valence electrons. The fourth-order valence-corrected chi connectivity index (χ4v) is 5.08. The van der Waals surface area contributed by atoms with Crippen LogP contribution in [0.25, 0.3) is 0 Å². The van der Waals surface area contributed by atoms with Crippen LogP contribution in [0.2, 0.25) is 0 Å². The molecule has 0 spiro atoms. The lowest BCUT2D eigenvalue weighted by molar-refractivity contribution is -0.133. The van der Waals surface area contributed by atoms with Crippen molar-refractivity contribution in [1.29, 1.82) is 0 Å². The van der Waals surface area contributed by atoms with Gasteiger partial charge in [-0.1, -0.05) is 67.6 Å². The summed E-state index contributed by atoms with van der Waals surface area (Å²) in [6, 6.07) is 21.0. The van der Waals surface area contributed by atoms with Crippen LogP contribution in [0.3, 0.4) is 0 Å². The van der Waals surface area contributed by atoms with Gasteiger partial charge in [0.05, 0.1) is 0 Å². The number of hydrogen-bond acceptors (Lipinski definition) is 4. The lowest BCUT2D eigenvalue weighted by atomic mass is 10.0. The summed E-state index contributed by atoms with van der Waals surface area (Å²) in [5, 5.41) is 0. The molecule has 2 aliphatic rings. The molecule has 1 aliphatic carbocycles. The summed E-state index contributed by atoms with van der Waals surface area (Å²) in [7, 11) is 0. The summed E-state index contributed by atoms with van der Waals surface area (Å²) >= 11 is 0. The monoisotopic (exact) mass is 440 g/mol. The summed E-state index contributed by atoms with van der Waals surface area (Å²) in [6.45, 7) is 7.28. The van der Waals surface area contributed by atoms with E-state index in [1.807, 2.05) is 13.0 Å². The van der Waals surface area contributed by atoms with Gasteiger partial charge in [0.25, 0.3) is 0 Å². The highest BCUT2D eigenvalue weighted by Gasteiger charge is 2.46. The molecule has 2 aromatic carbocycles. The first kappa shape index (κ1) is 21.6. The van der Waals surface area contributed by atoms with Crippen molar-refractivity contribution in [2.24, 2.45) is 5.92 Å². The molecule has 1 saturated heterocycles. The largest absolute Gasteiger partial charge is 0.353 e. The minimum Gasteiger partial charge on any atom is -0.353 e. The van der Waals surface area contributed by atoms with E-state index in [2.05, 4.69) is 71.3 Å². The number of hydrogen-bond donors (Lipinski definition) is 0. The second kappa shape index (κ2) is 9.34. The van der Waals surface area contributed by atoms with Crippen LogP contribution >= 0.6 is 0 Å². The number of piperazine rings is 1. The highest BCUT2D eigenvalue weighted by atomic mass is 16.2. The Bertz CT molecular complexity index is 1110. The Morgan fingerprint density at radius 2 is 1.61 bits per heavy atom. The number of amides is 1. The van der Waals surface area contributed by atoms with Crippen molar-refractivity contribution in [3.05, 3.63) is 88.9 Å². The van der Waals surface area contributed by atoms with Gasteiger partial charge in [-0.05, 0) is 36.8 Å². The van der Waals surface area contributed by atoms with E-state index in [0.29, 0.717) is 11.8 Å². The van der Waals surface area contributed by atoms with Crippen molar-refractivity contribution in [1.82, 2.24) is 14.9 Å². The Morgan fingerprint density at radius 3 is 2.27 bits per heavy atom. The zero-order valence-electron chi connectivity index (χ0n) is 19.6. The summed E-state index contributed by atoms with van der Waals surface area (Å²) in [4.78, 5) is 27.2. The van der Waals surface area contributed by atoms with E-state index in [9.17, 15) is 4.79 Å². The van der Waals surface area contributed by atoms with Gasteiger partial charge < -0.3 is 9.80 Å². The molecule has 33 heavy (non-hydrogen) atoms. The number of benzene rings is 2. The minimum atomic E-state index is 0.153. The third kappa shape index (κ3) is 4.63. The van der Waals surface area contributed by atoms with Gasteiger partial charge in [-0.2, -0.15) is 0 Å².